The fourth-order valence-electron chi connectivity index (χ4n) is 2.59. The molecule has 1 aromatic carbocycles. The number of rotatable bonds is 6. The fourth-order valence-corrected chi connectivity index (χ4v) is 2.59. The van der Waals surface area contributed by atoms with Crippen LogP contribution in [0.25, 0.3) is 0 Å². The third-order valence-electron chi connectivity index (χ3n) is 4.09. The molecule has 0 radical (unpaired) electrons. The van der Waals surface area contributed by atoms with Gasteiger partial charge in [-0.25, -0.2) is 0 Å². The van der Waals surface area contributed by atoms with Gasteiger partial charge in [-0.3, -0.25) is 0 Å². The Morgan fingerprint density at radius 2 is 1.85 bits per heavy atom. The van der Waals surface area contributed by atoms with Crippen molar-refractivity contribution < 1.29 is 9.47 Å². The van der Waals surface area contributed by atoms with Crippen molar-refractivity contribution in [3.05, 3.63) is 24.3 Å². The molecule has 1 aliphatic carbocycles. The van der Waals surface area contributed by atoms with Crippen LogP contribution >= 0.6 is 0 Å². The third kappa shape index (κ3) is 3.64. The predicted octanol–water partition coefficient (Wildman–Crippen LogP) is 2.38. The van der Waals surface area contributed by atoms with Gasteiger partial charge in [0.2, 0.25) is 0 Å². The van der Waals surface area contributed by atoms with Crippen LogP contribution in [0.2, 0.25) is 0 Å². The molecule has 1 aromatic rings. The Morgan fingerprint density at radius 1 is 1.10 bits per heavy atom. The highest BCUT2D eigenvalue weighted by Gasteiger charge is 2.21. The minimum absolute atomic E-state index is 0.348. The van der Waals surface area contributed by atoms with Gasteiger partial charge >= 0.3 is 0 Å². The topological polar surface area (TPSA) is 47.7 Å². The average molecular weight is 276 g/mol. The van der Waals surface area contributed by atoms with Gasteiger partial charge < -0.3 is 20.1 Å². The normalized spacial score (nSPS) is 20.1. The van der Waals surface area contributed by atoms with E-state index < -0.39 is 0 Å². The molecule has 0 spiro atoms. The molecule has 0 bridgehead atoms. The molecular formula is C16H24N2O2. The number of hydrogen-bond donors (Lipinski definition) is 1. The first-order valence-corrected chi connectivity index (χ1v) is 7.63. The quantitative estimate of drug-likeness (QED) is 0.640. The molecule has 2 aliphatic rings. The van der Waals surface area contributed by atoms with E-state index >= 15 is 0 Å². The van der Waals surface area contributed by atoms with Crippen molar-refractivity contribution in [3.63, 3.8) is 0 Å². The van der Waals surface area contributed by atoms with E-state index in [9.17, 15) is 0 Å². The molecule has 0 aromatic heterocycles. The van der Waals surface area contributed by atoms with Crippen molar-refractivity contribution >= 4 is 5.69 Å². The molecule has 0 amide bonds. The summed E-state index contributed by atoms with van der Waals surface area (Å²) >= 11 is 0. The zero-order valence-corrected chi connectivity index (χ0v) is 12.0. The first-order chi connectivity index (χ1) is 9.83. The molecule has 2 fully saturated rings. The lowest BCUT2D eigenvalue weighted by Crippen LogP contribution is -2.39. The van der Waals surface area contributed by atoms with Gasteiger partial charge in [0, 0.05) is 19.1 Å². The molecule has 1 heterocycles. The van der Waals surface area contributed by atoms with Crippen molar-refractivity contribution in [1.29, 1.82) is 0 Å². The molecule has 1 saturated carbocycles. The molecule has 3 rings (SSSR count). The highest BCUT2D eigenvalue weighted by atomic mass is 16.7. The van der Waals surface area contributed by atoms with E-state index in [4.69, 9.17) is 15.2 Å². The second kappa shape index (κ2) is 6.46. The fraction of sp³-hybridized carbons (Fsp3) is 0.625. The van der Waals surface area contributed by atoms with Crippen LogP contribution in [0.15, 0.2) is 24.3 Å². The number of para-hydroxylation sites is 2. The Balaban J connectivity index is 1.55. The van der Waals surface area contributed by atoms with Crippen molar-refractivity contribution in [3.8, 4) is 5.75 Å². The lowest BCUT2D eigenvalue weighted by Gasteiger charge is -2.33. The Labute approximate surface area is 120 Å². The molecule has 20 heavy (non-hydrogen) atoms. The standard InChI is InChI=1S/C16H24N2O2/c17-14-7-9-18(10-8-14)15-3-1-2-4-16(15)20-12-19-11-13-5-6-13/h1-4,13-14H,5-12,17H2. The van der Waals surface area contributed by atoms with Gasteiger partial charge in [-0.15, -0.1) is 0 Å². The van der Waals surface area contributed by atoms with Crippen LogP contribution in [0, 0.1) is 5.92 Å². The van der Waals surface area contributed by atoms with Crippen molar-refractivity contribution in [2.45, 2.75) is 31.7 Å². The average Bonchev–Trinajstić information content (AvgIpc) is 3.29. The van der Waals surface area contributed by atoms with Gasteiger partial charge in [-0.05, 0) is 43.7 Å². The Kier molecular flexibility index (Phi) is 4.43. The van der Waals surface area contributed by atoms with Crippen molar-refractivity contribution in [2.24, 2.45) is 11.7 Å². The number of benzene rings is 1. The first kappa shape index (κ1) is 13.7. The summed E-state index contributed by atoms with van der Waals surface area (Å²) in [6.07, 6.45) is 4.72. The Hall–Kier alpha value is -1.26. The third-order valence-corrected chi connectivity index (χ3v) is 4.09. The second-order valence-electron chi connectivity index (χ2n) is 5.87. The van der Waals surface area contributed by atoms with Crippen LogP contribution < -0.4 is 15.4 Å². The molecule has 0 atom stereocenters. The maximum atomic E-state index is 5.97. The van der Waals surface area contributed by atoms with Gasteiger partial charge in [0.1, 0.15) is 5.75 Å². The molecule has 4 nitrogen and oxygen atoms in total. The van der Waals surface area contributed by atoms with Crippen molar-refractivity contribution in [2.75, 3.05) is 31.4 Å². The summed E-state index contributed by atoms with van der Waals surface area (Å²) in [5.74, 6) is 1.69. The van der Waals surface area contributed by atoms with E-state index in [2.05, 4.69) is 17.0 Å². The van der Waals surface area contributed by atoms with Crippen LogP contribution in [0.5, 0.6) is 5.75 Å². The predicted molar refractivity (Wildman–Crippen MR) is 80.0 cm³/mol. The molecular weight excluding hydrogens is 252 g/mol. The largest absolute Gasteiger partial charge is 0.465 e. The van der Waals surface area contributed by atoms with Crippen LogP contribution in [0.4, 0.5) is 5.69 Å². The Bertz CT molecular complexity index is 426. The maximum Gasteiger partial charge on any atom is 0.189 e. The highest BCUT2D eigenvalue weighted by Crippen LogP contribution is 2.31. The van der Waals surface area contributed by atoms with E-state index in [1.165, 1.54) is 12.8 Å². The molecule has 4 heteroatoms. The van der Waals surface area contributed by atoms with Gasteiger partial charge in [-0.1, -0.05) is 12.1 Å². The number of piperidine rings is 1. The maximum absolute atomic E-state index is 5.97. The number of nitrogens with two attached hydrogens (primary N) is 1. The van der Waals surface area contributed by atoms with Crippen LogP contribution in [-0.4, -0.2) is 32.5 Å². The summed E-state index contributed by atoms with van der Waals surface area (Å²) in [5, 5.41) is 0. The van der Waals surface area contributed by atoms with E-state index in [0.717, 1.165) is 49.9 Å². The molecule has 0 unspecified atom stereocenters. The SMILES string of the molecule is NC1CCN(c2ccccc2OCOCC2CC2)CC1. The molecule has 1 aliphatic heterocycles. The minimum Gasteiger partial charge on any atom is -0.465 e. The second-order valence-corrected chi connectivity index (χ2v) is 5.87. The Morgan fingerprint density at radius 3 is 2.60 bits per heavy atom. The van der Waals surface area contributed by atoms with Gasteiger partial charge in [0.25, 0.3) is 0 Å². The zero-order chi connectivity index (χ0) is 13.8. The summed E-state index contributed by atoms with van der Waals surface area (Å²) in [6.45, 7) is 3.19. The molecule has 2 N–H and O–H groups in total. The van der Waals surface area contributed by atoms with Crippen molar-refractivity contribution in [1.82, 2.24) is 0 Å². The van der Waals surface area contributed by atoms with E-state index in [1.807, 2.05) is 12.1 Å². The summed E-state index contributed by atoms with van der Waals surface area (Å²) in [5.41, 5.74) is 7.13. The first-order valence-electron chi connectivity index (χ1n) is 7.63. The van der Waals surface area contributed by atoms with Crippen LogP contribution in [0.3, 0.4) is 0 Å². The number of nitrogens with zero attached hydrogens (tertiary/aromatic N) is 1. The van der Waals surface area contributed by atoms with Crippen LogP contribution in [0.1, 0.15) is 25.7 Å². The number of ether oxygens (including phenoxy) is 2. The molecule has 110 valence electrons. The lowest BCUT2D eigenvalue weighted by molar-refractivity contribution is 0.0102. The summed E-state index contributed by atoms with van der Waals surface area (Å²) in [6, 6.07) is 8.55. The smallest absolute Gasteiger partial charge is 0.189 e. The zero-order valence-electron chi connectivity index (χ0n) is 12.0. The number of anilines is 1. The highest BCUT2D eigenvalue weighted by molar-refractivity contribution is 5.58. The number of hydrogen-bond acceptors (Lipinski definition) is 4. The molecule has 1 saturated heterocycles. The van der Waals surface area contributed by atoms with Crippen LogP contribution in [-0.2, 0) is 4.74 Å². The van der Waals surface area contributed by atoms with E-state index in [0.29, 0.717) is 12.8 Å². The summed E-state index contributed by atoms with van der Waals surface area (Å²) < 4.78 is 11.4. The lowest BCUT2D eigenvalue weighted by atomic mass is 10.1. The van der Waals surface area contributed by atoms with E-state index in [-0.39, 0.29) is 0 Å². The van der Waals surface area contributed by atoms with Gasteiger partial charge in [0.05, 0.1) is 12.3 Å². The van der Waals surface area contributed by atoms with Gasteiger partial charge in [-0.2, -0.15) is 0 Å². The van der Waals surface area contributed by atoms with E-state index in [1.54, 1.807) is 0 Å². The monoisotopic (exact) mass is 276 g/mol. The summed E-state index contributed by atoms with van der Waals surface area (Å²) in [4.78, 5) is 2.36. The minimum atomic E-state index is 0.348. The van der Waals surface area contributed by atoms with Gasteiger partial charge in [0.15, 0.2) is 6.79 Å². The summed E-state index contributed by atoms with van der Waals surface area (Å²) in [7, 11) is 0.